The van der Waals surface area contributed by atoms with Gasteiger partial charge >= 0.3 is 0 Å². The van der Waals surface area contributed by atoms with Gasteiger partial charge in [-0.05, 0) is 31.5 Å². The van der Waals surface area contributed by atoms with Gasteiger partial charge in [-0.1, -0.05) is 6.07 Å². The van der Waals surface area contributed by atoms with Crippen molar-refractivity contribution in [3.8, 4) is 0 Å². The van der Waals surface area contributed by atoms with Crippen molar-refractivity contribution in [1.29, 1.82) is 0 Å². The quantitative estimate of drug-likeness (QED) is 0.883. The first kappa shape index (κ1) is 18.7. The summed E-state index contributed by atoms with van der Waals surface area (Å²) in [7, 11) is -1.54. The van der Waals surface area contributed by atoms with Crippen molar-refractivity contribution in [2.75, 3.05) is 30.2 Å². The van der Waals surface area contributed by atoms with Crippen molar-refractivity contribution >= 4 is 34.0 Å². The van der Waals surface area contributed by atoms with Gasteiger partial charge in [-0.3, -0.25) is 9.10 Å². The highest BCUT2D eigenvalue weighted by atomic mass is 35.5. The van der Waals surface area contributed by atoms with Crippen molar-refractivity contribution in [3.05, 3.63) is 29.8 Å². The van der Waals surface area contributed by atoms with E-state index in [4.69, 9.17) is 5.73 Å². The molecule has 1 fully saturated rings. The molecule has 1 atom stereocenters. The summed E-state index contributed by atoms with van der Waals surface area (Å²) in [4.78, 5) is 13.9. The Hall–Kier alpha value is -1.31. The molecule has 2 rings (SSSR count). The van der Waals surface area contributed by atoms with Crippen LogP contribution in [0.3, 0.4) is 0 Å². The number of rotatable bonds is 4. The van der Waals surface area contributed by atoms with E-state index in [9.17, 15) is 13.2 Å². The number of carbonyl (C=O) groups is 1. The van der Waals surface area contributed by atoms with Crippen LogP contribution in [0.25, 0.3) is 0 Å². The molecule has 124 valence electrons. The van der Waals surface area contributed by atoms with Crippen LogP contribution < -0.4 is 10.0 Å². The molecule has 0 radical (unpaired) electrons. The van der Waals surface area contributed by atoms with Gasteiger partial charge in [0.05, 0.1) is 11.4 Å². The van der Waals surface area contributed by atoms with Crippen molar-refractivity contribution in [1.82, 2.24) is 4.90 Å². The number of benzene rings is 1. The first-order valence-corrected chi connectivity index (χ1v) is 8.55. The average Bonchev–Trinajstić information content (AvgIpc) is 2.84. The Bertz CT molecular complexity index is 636. The van der Waals surface area contributed by atoms with Crippen molar-refractivity contribution < 1.29 is 13.2 Å². The van der Waals surface area contributed by atoms with Gasteiger partial charge in [-0.25, -0.2) is 8.42 Å². The molecule has 2 N–H and O–H groups in total. The summed E-state index contributed by atoms with van der Waals surface area (Å²) in [5.74, 6) is 0.00124. The van der Waals surface area contributed by atoms with Crippen LogP contribution >= 0.6 is 12.4 Å². The number of hydrogen-bond acceptors (Lipinski definition) is 4. The zero-order valence-electron chi connectivity index (χ0n) is 12.7. The topological polar surface area (TPSA) is 83.7 Å². The van der Waals surface area contributed by atoms with Gasteiger partial charge in [0, 0.05) is 31.7 Å². The Kier molecular flexibility index (Phi) is 6.22. The number of carbonyl (C=O) groups excluding carboxylic acids is 1. The maximum atomic E-state index is 12.4. The van der Waals surface area contributed by atoms with E-state index in [2.05, 4.69) is 0 Å². The second kappa shape index (κ2) is 7.30. The summed E-state index contributed by atoms with van der Waals surface area (Å²) in [5, 5.41) is 0. The maximum absolute atomic E-state index is 12.4. The molecule has 8 heteroatoms. The minimum absolute atomic E-state index is 0. The molecule has 1 amide bonds. The van der Waals surface area contributed by atoms with Crippen LogP contribution in [-0.2, 0) is 10.0 Å². The van der Waals surface area contributed by atoms with E-state index in [1.54, 1.807) is 36.2 Å². The Labute approximate surface area is 137 Å². The van der Waals surface area contributed by atoms with Crippen molar-refractivity contribution in [2.45, 2.75) is 19.4 Å². The summed E-state index contributed by atoms with van der Waals surface area (Å²) in [5.41, 5.74) is 6.59. The van der Waals surface area contributed by atoms with Crippen LogP contribution in [0, 0.1) is 0 Å². The lowest BCUT2D eigenvalue weighted by Crippen LogP contribution is -2.39. The minimum atomic E-state index is -3.24. The molecule has 1 saturated heterocycles. The van der Waals surface area contributed by atoms with E-state index in [0.29, 0.717) is 30.8 Å². The highest BCUT2D eigenvalue weighted by Crippen LogP contribution is 2.25. The van der Waals surface area contributed by atoms with Crippen molar-refractivity contribution in [2.24, 2.45) is 5.73 Å². The predicted octanol–water partition coefficient (Wildman–Crippen LogP) is 1.07. The van der Waals surface area contributed by atoms with E-state index in [1.165, 1.54) is 4.31 Å². The Morgan fingerprint density at radius 1 is 1.45 bits per heavy atom. The van der Waals surface area contributed by atoms with Gasteiger partial charge < -0.3 is 10.6 Å². The van der Waals surface area contributed by atoms with Gasteiger partial charge in [-0.2, -0.15) is 0 Å². The molecule has 1 aliphatic rings. The second-order valence-electron chi connectivity index (χ2n) is 5.29. The molecular formula is C14H22ClN3O3S. The molecule has 6 nitrogen and oxygen atoms in total. The standard InChI is InChI=1S/C14H21N3O3S.ClH/c1-11(10-15)16(2)14(18)12-5-3-6-13(9-12)17-7-4-8-21(17,19)20;/h3,5-6,9,11H,4,7-8,10,15H2,1-2H3;1H. The normalized spacial score (nSPS) is 17.7. The highest BCUT2D eigenvalue weighted by molar-refractivity contribution is 7.93. The SMILES string of the molecule is CC(CN)N(C)C(=O)c1cccc(N2CCCS2(=O)=O)c1.Cl. The fourth-order valence-corrected chi connectivity index (χ4v) is 3.84. The fraction of sp³-hybridized carbons (Fsp3) is 0.500. The van der Waals surface area contributed by atoms with Crippen LogP contribution in [0.15, 0.2) is 24.3 Å². The molecule has 22 heavy (non-hydrogen) atoms. The molecule has 1 aromatic rings. The number of nitrogens with zero attached hydrogens (tertiary/aromatic N) is 2. The number of anilines is 1. The summed E-state index contributed by atoms with van der Waals surface area (Å²) in [6, 6.07) is 6.67. The number of nitrogens with two attached hydrogens (primary N) is 1. The molecule has 1 aromatic carbocycles. The molecule has 0 bridgehead atoms. The summed E-state index contributed by atoms with van der Waals surface area (Å²) >= 11 is 0. The molecule has 0 saturated carbocycles. The molecule has 0 spiro atoms. The zero-order valence-corrected chi connectivity index (χ0v) is 14.4. The first-order valence-electron chi connectivity index (χ1n) is 6.94. The maximum Gasteiger partial charge on any atom is 0.253 e. The van der Waals surface area contributed by atoms with E-state index < -0.39 is 10.0 Å². The van der Waals surface area contributed by atoms with Gasteiger partial charge in [-0.15, -0.1) is 12.4 Å². The third kappa shape index (κ3) is 3.71. The Balaban J connectivity index is 0.00000242. The number of halogens is 1. The van der Waals surface area contributed by atoms with E-state index in [0.717, 1.165) is 0 Å². The smallest absolute Gasteiger partial charge is 0.253 e. The number of amides is 1. The van der Waals surface area contributed by atoms with E-state index in [-0.39, 0.29) is 30.1 Å². The van der Waals surface area contributed by atoms with E-state index >= 15 is 0 Å². The second-order valence-corrected chi connectivity index (χ2v) is 7.31. The fourth-order valence-electron chi connectivity index (χ4n) is 2.29. The van der Waals surface area contributed by atoms with Crippen LogP contribution in [0.2, 0.25) is 0 Å². The Morgan fingerprint density at radius 3 is 2.68 bits per heavy atom. The third-order valence-corrected chi connectivity index (χ3v) is 5.67. The molecule has 1 heterocycles. The van der Waals surface area contributed by atoms with Crippen LogP contribution in [0.5, 0.6) is 0 Å². The first-order chi connectivity index (χ1) is 9.86. The number of sulfonamides is 1. The number of likely N-dealkylation sites (N-methyl/N-ethyl adjacent to an activating group) is 1. The molecular weight excluding hydrogens is 326 g/mol. The highest BCUT2D eigenvalue weighted by Gasteiger charge is 2.29. The number of hydrogen-bond donors (Lipinski definition) is 1. The van der Waals surface area contributed by atoms with Gasteiger partial charge in [0.2, 0.25) is 10.0 Å². The summed E-state index contributed by atoms with van der Waals surface area (Å²) in [6.07, 6.45) is 0.616. The lowest BCUT2D eigenvalue weighted by atomic mass is 10.1. The van der Waals surface area contributed by atoms with Crippen LogP contribution in [0.4, 0.5) is 5.69 Å². The lowest BCUT2D eigenvalue weighted by molar-refractivity contribution is 0.0748. The Morgan fingerprint density at radius 2 is 2.14 bits per heavy atom. The monoisotopic (exact) mass is 347 g/mol. The van der Waals surface area contributed by atoms with Gasteiger partial charge in [0.15, 0.2) is 0 Å². The predicted molar refractivity (Wildman–Crippen MR) is 90.0 cm³/mol. The van der Waals surface area contributed by atoms with Crippen LogP contribution in [-0.4, -0.2) is 51.2 Å². The van der Waals surface area contributed by atoms with Crippen molar-refractivity contribution in [3.63, 3.8) is 0 Å². The largest absolute Gasteiger partial charge is 0.338 e. The summed E-state index contributed by atoms with van der Waals surface area (Å²) in [6.45, 7) is 2.71. The summed E-state index contributed by atoms with van der Waals surface area (Å²) < 4.78 is 25.3. The average molecular weight is 348 g/mol. The molecule has 1 aliphatic heterocycles. The van der Waals surface area contributed by atoms with Gasteiger partial charge in [0.1, 0.15) is 0 Å². The molecule has 1 unspecified atom stereocenters. The van der Waals surface area contributed by atoms with Gasteiger partial charge in [0.25, 0.3) is 5.91 Å². The molecule has 0 aromatic heterocycles. The third-order valence-electron chi connectivity index (χ3n) is 3.80. The van der Waals surface area contributed by atoms with E-state index in [1.807, 2.05) is 6.92 Å². The van der Waals surface area contributed by atoms with Crippen LogP contribution in [0.1, 0.15) is 23.7 Å². The molecule has 0 aliphatic carbocycles. The zero-order chi connectivity index (χ0) is 15.6. The minimum Gasteiger partial charge on any atom is -0.338 e. The lowest BCUT2D eigenvalue weighted by Gasteiger charge is -2.24.